The van der Waals surface area contributed by atoms with E-state index in [4.69, 9.17) is 5.26 Å². The van der Waals surface area contributed by atoms with Crippen molar-refractivity contribution in [1.29, 1.82) is 5.26 Å². The molecule has 1 nitrogen and oxygen atoms in total. The van der Waals surface area contributed by atoms with Crippen molar-refractivity contribution in [3.05, 3.63) is 33.8 Å². The Bertz CT molecular complexity index is 325. The number of benzene rings is 1. The van der Waals surface area contributed by atoms with Crippen LogP contribution in [0.2, 0.25) is 0 Å². The van der Waals surface area contributed by atoms with E-state index >= 15 is 0 Å². The van der Waals surface area contributed by atoms with Crippen LogP contribution in [0.1, 0.15) is 24.5 Å². The van der Waals surface area contributed by atoms with Gasteiger partial charge >= 0.3 is 0 Å². The molecule has 0 atom stereocenters. The van der Waals surface area contributed by atoms with E-state index in [-0.39, 0.29) is 0 Å². The zero-order chi connectivity index (χ0) is 9.68. The Morgan fingerprint density at radius 2 is 2.15 bits per heavy atom. The van der Waals surface area contributed by atoms with Gasteiger partial charge in [-0.2, -0.15) is 5.26 Å². The molecule has 0 amide bonds. The summed E-state index contributed by atoms with van der Waals surface area (Å²) < 4.78 is 1.10. The molecule has 0 aliphatic rings. The van der Waals surface area contributed by atoms with Crippen molar-refractivity contribution in [1.82, 2.24) is 0 Å². The maximum atomic E-state index is 8.50. The Labute approximate surface area is 87.5 Å². The fourth-order valence-corrected chi connectivity index (χ4v) is 1.77. The molecule has 0 unspecified atom stereocenters. The molecule has 0 aromatic heterocycles. The first-order valence-corrected chi connectivity index (χ1v) is 5.21. The second-order valence-electron chi connectivity index (χ2n) is 2.92. The number of nitrogens with zero attached hydrogens (tertiary/aromatic N) is 1. The lowest BCUT2D eigenvalue weighted by molar-refractivity contribution is 0.966. The highest BCUT2D eigenvalue weighted by molar-refractivity contribution is 9.10. The quantitative estimate of drug-likeness (QED) is 0.790. The van der Waals surface area contributed by atoms with Crippen molar-refractivity contribution in [3.63, 3.8) is 0 Å². The molecular formula is C11H12BrN. The van der Waals surface area contributed by atoms with E-state index in [2.05, 4.69) is 47.1 Å². The zero-order valence-corrected chi connectivity index (χ0v) is 9.26. The SMILES string of the molecule is CCc1ccc(Br)cc1CCC#N. The lowest BCUT2D eigenvalue weighted by Gasteiger charge is -2.05. The van der Waals surface area contributed by atoms with Crippen molar-refractivity contribution in [2.75, 3.05) is 0 Å². The van der Waals surface area contributed by atoms with E-state index in [1.165, 1.54) is 11.1 Å². The molecule has 0 saturated carbocycles. The predicted octanol–water partition coefficient (Wildman–Crippen LogP) is 3.47. The van der Waals surface area contributed by atoms with Crippen molar-refractivity contribution < 1.29 is 0 Å². The van der Waals surface area contributed by atoms with E-state index in [1.807, 2.05) is 0 Å². The van der Waals surface area contributed by atoms with Crippen LogP contribution in [0.15, 0.2) is 22.7 Å². The summed E-state index contributed by atoms with van der Waals surface area (Å²) >= 11 is 3.43. The molecule has 0 aliphatic carbocycles. The topological polar surface area (TPSA) is 23.8 Å². The Morgan fingerprint density at radius 1 is 1.38 bits per heavy atom. The molecule has 0 spiro atoms. The van der Waals surface area contributed by atoms with Gasteiger partial charge in [0.2, 0.25) is 0 Å². The van der Waals surface area contributed by atoms with Gasteiger partial charge in [-0.05, 0) is 36.1 Å². The lowest BCUT2D eigenvalue weighted by Crippen LogP contribution is -1.92. The fraction of sp³-hybridized carbons (Fsp3) is 0.364. The number of hydrogen-bond donors (Lipinski definition) is 0. The van der Waals surface area contributed by atoms with Crippen molar-refractivity contribution in [3.8, 4) is 6.07 Å². The molecule has 0 bridgehead atoms. The lowest BCUT2D eigenvalue weighted by atomic mass is 10.0. The summed E-state index contributed by atoms with van der Waals surface area (Å²) in [4.78, 5) is 0. The monoisotopic (exact) mass is 237 g/mol. The first kappa shape index (κ1) is 10.3. The van der Waals surface area contributed by atoms with Gasteiger partial charge in [0.15, 0.2) is 0 Å². The molecule has 2 heteroatoms. The van der Waals surface area contributed by atoms with E-state index in [1.54, 1.807) is 0 Å². The molecule has 1 aromatic rings. The minimum atomic E-state index is 0.601. The molecule has 0 radical (unpaired) electrons. The highest BCUT2D eigenvalue weighted by Crippen LogP contribution is 2.18. The van der Waals surface area contributed by atoms with Crippen LogP contribution in [-0.2, 0) is 12.8 Å². The molecule has 0 saturated heterocycles. The first-order chi connectivity index (χ1) is 6.27. The average molecular weight is 238 g/mol. The third-order valence-corrected chi connectivity index (χ3v) is 2.55. The second-order valence-corrected chi connectivity index (χ2v) is 3.84. The van der Waals surface area contributed by atoms with Crippen molar-refractivity contribution in [2.24, 2.45) is 0 Å². The number of nitriles is 1. The Balaban J connectivity index is 2.89. The third-order valence-electron chi connectivity index (χ3n) is 2.06. The van der Waals surface area contributed by atoms with Crippen LogP contribution in [0.5, 0.6) is 0 Å². The highest BCUT2D eigenvalue weighted by Gasteiger charge is 2.00. The van der Waals surface area contributed by atoms with Crippen LogP contribution in [0, 0.1) is 11.3 Å². The van der Waals surface area contributed by atoms with E-state index in [0.29, 0.717) is 6.42 Å². The molecule has 1 rings (SSSR count). The normalized spacial score (nSPS) is 9.62. The molecule has 0 fully saturated rings. The molecule has 68 valence electrons. The van der Waals surface area contributed by atoms with Gasteiger partial charge in [-0.25, -0.2) is 0 Å². The molecule has 0 aliphatic heterocycles. The largest absolute Gasteiger partial charge is 0.198 e. The number of halogens is 1. The summed E-state index contributed by atoms with van der Waals surface area (Å²) in [5.41, 5.74) is 2.64. The third kappa shape index (κ3) is 2.86. The van der Waals surface area contributed by atoms with Crippen LogP contribution in [-0.4, -0.2) is 0 Å². The van der Waals surface area contributed by atoms with Crippen LogP contribution < -0.4 is 0 Å². The van der Waals surface area contributed by atoms with Crippen LogP contribution in [0.25, 0.3) is 0 Å². The van der Waals surface area contributed by atoms with Gasteiger partial charge in [-0.3, -0.25) is 0 Å². The summed E-state index contributed by atoms with van der Waals surface area (Å²) in [6, 6.07) is 8.45. The summed E-state index contributed by atoms with van der Waals surface area (Å²) in [6.07, 6.45) is 2.50. The second kappa shape index (κ2) is 5.04. The highest BCUT2D eigenvalue weighted by atomic mass is 79.9. The summed E-state index contributed by atoms with van der Waals surface area (Å²) in [7, 11) is 0. The Kier molecular flexibility index (Phi) is 3.98. The minimum Gasteiger partial charge on any atom is -0.198 e. The summed E-state index contributed by atoms with van der Waals surface area (Å²) in [5, 5.41) is 8.50. The maximum absolute atomic E-state index is 8.50. The molecule has 0 heterocycles. The number of aryl methyl sites for hydroxylation is 2. The predicted molar refractivity (Wildman–Crippen MR) is 57.5 cm³/mol. The Morgan fingerprint density at radius 3 is 2.77 bits per heavy atom. The van der Waals surface area contributed by atoms with E-state index < -0.39 is 0 Å². The maximum Gasteiger partial charge on any atom is 0.0625 e. The Hall–Kier alpha value is -0.810. The van der Waals surface area contributed by atoms with Gasteiger partial charge < -0.3 is 0 Å². The smallest absolute Gasteiger partial charge is 0.0625 e. The van der Waals surface area contributed by atoms with E-state index in [0.717, 1.165) is 17.3 Å². The van der Waals surface area contributed by atoms with Gasteiger partial charge in [0.05, 0.1) is 6.07 Å². The average Bonchev–Trinajstić information content (AvgIpc) is 2.15. The van der Waals surface area contributed by atoms with Crippen molar-refractivity contribution in [2.45, 2.75) is 26.2 Å². The number of hydrogen-bond acceptors (Lipinski definition) is 1. The van der Waals surface area contributed by atoms with Gasteiger partial charge in [-0.15, -0.1) is 0 Å². The van der Waals surface area contributed by atoms with Gasteiger partial charge in [0, 0.05) is 10.9 Å². The molecule has 13 heavy (non-hydrogen) atoms. The van der Waals surface area contributed by atoms with Crippen LogP contribution in [0.4, 0.5) is 0 Å². The van der Waals surface area contributed by atoms with Gasteiger partial charge in [-0.1, -0.05) is 28.9 Å². The zero-order valence-electron chi connectivity index (χ0n) is 7.68. The van der Waals surface area contributed by atoms with Gasteiger partial charge in [0.25, 0.3) is 0 Å². The summed E-state index contributed by atoms with van der Waals surface area (Å²) in [6.45, 7) is 2.14. The molecule has 1 aromatic carbocycles. The minimum absolute atomic E-state index is 0.601. The summed E-state index contributed by atoms with van der Waals surface area (Å²) in [5.74, 6) is 0. The van der Waals surface area contributed by atoms with Crippen molar-refractivity contribution >= 4 is 15.9 Å². The van der Waals surface area contributed by atoms with E-state index in [9.17, 15) is 0 Å². The fourth-order valence-electron chi connectivity index (χ4n) is 1.36. The van der Waals surface area contributed by atoms with Crippen LogP contribution >= 0.6 is 15.9 Å². The molecule has 0 N–H and O–H groups in total. The first-order valence-electron chi connectivity index (χ1n) is 4.42. The molecular weight excluding hydrogens is 226 g/mol. The van der Waals surface area contributed by atoms with Gasteiger partial charge in [0.1, 0.15) is 0 Å². The standard InChI is InChI=1S/C11H12BrN/c1-2-9-5-6-11(12)8-10(9)4-3-7-13/h5-6,8H,2-4H2,1H3. The van der Waals surface area contributed by atoms with Crippen LogP contribution in [0.3, 0.4) is 0 Å². The number of rotatable bonds is 3.